The van der Waals surface area contributed by atoms with Gasteiger partial charge >= 0.3 is 0 Å². The second kappa shape index (κ2) is 5.94. The Kier molecular flexibility index (Phi) is 4.23. The van der Waals surface area contributed by atoms with Gasteiger partial charge in [-0.25, -0.2) is 13.6 Å². The predicted molar refractivity (Wildman–Crippen MR) is 90.0 cm³/mol. The molecule has 2 heterocycles. The molecule has 1 aliphatic heterocycles. The highest BCUT2D eigenvalue weighted by Crippen LogP contribution is 2.33. The van der Waals surface area contributed by atoms with Crippen LogP contribution >= 0.6 is 0 Å². The van der Waals surface area contributed by atoms with Gasteiger partial charge in [-0.1, -0.05) is 12.1 Å². The Morgan fingerprint density at radius 2 is 1.92 bits per heavy atom. The van der Waals surface area contributed by atoms with Gasteiger partial charge in [0.25, 0.3) is 5.89 Å². The Bertz CT molecular complexity index is 867. The van der Waals surface area contributed by atoms with Crippen LogP contribution in [0.2, 0.25) is 0 Å². The lowest BCUT2D eigenvalue weighted by atomic mass is 9.80. The molecule has 0 bridgehead atoms. The summed E-state index contributed by atoms with van der Waals surface area (Å²) >= 11 is 0. The first kappa shape index (κ1) is 17.1. The van der Waals surface area contributed by atoms with E-state index < -0.39 is 10.0 Å². The minimum Gasteiger partial charge on any atom is -0.334 e. The lowest BCUT2D eigenvalue weighted by Gasteiger charge is -2.30. The van der Waals surface area contributed by atoms with E-state index in [9.17, 15) is 8.42 Å². The molecule has 0 amide bonds. The fourth-order valence-corrected chi connectivity index (χ4v) is 3.62. The van der Waals surface area contributed by atoms with Crippen LogP contribution in [0.25, 0.3) is 11.5 Å². The SMILES string of the molecule is Cc1cc(S(N)(=O)=O)cc(-c2nc(C3(C)CCNCC3)no2)c1C. The molecule has 0 radical (unpaired) electrons. The molecule has 0 atom stereocenters. The summed E-state index contributed by atoms with van der Waals surface area (Å²) in [4.78, 5) is 4.61. The van der Waals surface area contributed by atoms with Gasteiger partial charge in [0.15, 0.2) is 5.82 Å². The van der Waals surface area contributed by atoms with Crippen LogP contribution in [0.1, 0.15) is 36.7 Å². The Morgan fingerprint density at radius 3 is 2.54 bits per heavy atom. The summed E-state index contributed by atoms with van der Waals surface area (Å²) in [6.07, 6.45) is 1.86. The van der Waals surface area contributed by atoms with E-state index in [1.54, 1.807) is 6.07 Å². The van der Waals surface area contributed by atoms with Crippen molar-refractivity contribution in [2.24, 2.45) is 5.14 Å². The number of nitrogens with two attached hydrogens (primary N) is 1. The van der Waals surface area contributed by atoms with Crippen molar-refractivity contribution >= 4 is 10.0 Å². The molecule has 1 aromatic heterocycles. The maximum Gasteiger partial charge on any atom is 0.258 e. The van der Waals surface area contributed by atoms with Crippen molar-refractivity contribution in [1.82, 2.24) is 15.5 Å². The van der Waals surface area contributed by atoms with Crippen molar-refractivity contribution in [3.05, 3.63) is 29.1 Å². The lowest BCUT2D eigenvalue weighted by molar-refractivity contribution is 0.303. The van der Waals surface area contributed by atoms with E-state index in [0.717, 1.165) is 37.1 Å². The summed E-state index contributed by atoms with van der Waals surface area (Å²) in [6.45, 7) is 7.69. The number of benzene rings is 1. The fourth-order valence-electron chi connectivity index (χ4n) is 2.99. The van der Waals surface area contributed by atoms with Gasteiger partial charge in [-0.3, -0.25) is 0 Å². The quantitative estimate of drug-likeness (QED) is 0.870. The van der Waals surface area contributed by atoms with Crippen molar-refractivity contribution in [3.8, 4) is 11.5 Å². The van der Waals surface area contributed by atoms with E-state index >= 15 is 0 Å². The van der Waals surface area contributed by atoms with Gasteiger partial charge in [0.05, 0.1) is 4.90 Å². The number of sulfonamides is 1. The first-order chi connectivity index (χ1) is 11.2. The highest BCUT2D eigenvalue weighted by Gasteiger charge is 2.34. The van der Waals surface area contributed by atoms with Gasteiger partial charge in [0.2, 0.25) is 10.0 Å². The minimum atomic E-state index is -3.80. The van der Waals surface area contributed by atoms with Crippen LogP contribution in [0, 0.1) is 13.8 Å². The van der Waals surface area contributed by atoms with Crippen LogP contribution in [0.4, 0.5) is 0 Å². The number of aromatic nitrogens is 2. The summed E-state index contributed by atoms with van der Waals surface area (Å²) in [7, 11) is -3.80. The highest BCUT2D eigenvalue weighted by atomic mass is 32.2. The first-order valence-electron chi connectivity index (χ1n) is 7.90. The minimum absolute atomic E-state index is 0.0495. The number of primary sulfonamides is 1. The normalized spacial score (nSPS) is 17.8. The number of hydrogen-bond acceptors (Lipinski definition) is 6. The molecule has 24 heavy (non-hydrogen) atoms. The molecular formula is C16H22N4O3S. The number of nitrogens with zero attached hydrogens (tertiary/aromatic N) is 2. The first-order valence-corrected chi connectivity index (χ1v) is 9.45. The van der Waals surface area contributed by atoms with Crippen molar-refractivity contribution in [2.45, 2.75) is 43.9 Å². The average Bonchev–Trinajstić information content (AvgIpc) is 3.00. The molecule has 1 aromatic carbocycles. The lowest BCUT2D eigenvalue weighted by Crippen LogP contribution is -2.38. The molecule has 0 unspecified atom stereocenters. The maximum absolute atomic E-state index is 11.7. The van der Waals surface area contributed by atoms with Crippen LogP contribution in [0.15, 0.2) is 21.6 Å². The Hall–Kier alpha value is -1.77. The molecule has 1 aliphatic rings. The number of aryl methyl sites for hydroxylation is 1. The molecule has 3 rings (SSSR count). The highest BCUT2D eigenvalue weighted by molar-refractivity contribution is 7.89. The summed E-state index contributed by atoms with van der Waals surface area (Å²) in [5.41, 5.74) is 2.18. The topological polar surface area (TPSA) is 111 Å². The van der Waals surface area contributed by atoms with Crippen LogP contribution in [-0.2, 0) is 15.4 Å². The number of nitrogens with one attached hydrogen (secondary N) is 1. The van der Waals surface area contributed by atoms with E-state index in [0.29, 0.717) is 17.3 Å². The largest absolute Gasteiger partial charge is 0.334 e. The zero-order chi connectivity index (χ0) is 17.5. The molecule has 130 valence electrons. The number of rotatable bonds is 3. The van der Waals surface area contributed by atoms with Gasteiger partial charge in [0.1, 0.15) is 0 Å². The van der Waals surface area contributed by atoms with E-state index in [1.807, 2.05) is 13.8 Å². The van der Waals surface area contributed by atoms with Crippen molar-refractivity contribution in [1.29, 1.82) is 0 Å². The Labute approximate surface area is 141 Å². The zero-order valence-corrected chi connectivity index (χ0v) is 14.9. The molecule has 7 nitrogen and oxygen atoms in total. The summed E-state index contributed by atoms with van der Waals surface area (Å²) in [6, 6.07) is 3.05. The monoisotopic (exact) mass is 350 g/mol. The molecule has 1 fully saturated rings. The Balaban J connectivity index is 2.06. The average molecular weight is 350 g/mol. The third kappa shape index (κ3) is 3.09. The van der Waals surface area contributed by atoms with Gasteiger partial charge < -0.3 is 9.84 Å². The van der Waals surface area contributed by atoms with Crippen LogP contribution < -0.4 is 10.5 Å². The van der Waals surface area contributed by atoms with Gasteiger partial charge in [-0.2, -0.15) is 4.98 Å². The van der Waals surface area contributed by atoms with E-state index in [-0.39, 0.29) is 10.3 Å². The third-order valence-corrected chi connectivity index (χ3v) is 5.77. The summed E-state index contributed by atoms with van der Waals surface area (Å²) in [5, 5.41) is 12.7. The molecule has 0 aliphatic carbocycles. The summed E-state index contributed by atoms with van der Waals surface area (Å²) in [5.74, 6) is 0.993. The van der Waals surface area contributed by atoms with Crippen LogP contribution in [0.5, 0.6) is 0 Å². The van der Waals surface area contributed by atoms with Crippen LogP contribution in [0.3, 0.4) is 0 Å². The molecule has 3 N–H and O–H groups in total. The van der Waals surface area contributed by atoms with Crippen LogP contribution in [-0.4, -0.2) is 31.6 Å². The Morgan fingerprint density at radius 1 is 1.25 bits per heavy atom. The summed E-state index contributed by atoms with van der Waals surface area (Å²) < 4.78 is 28.8. The standard InChI is InChI=1S/C16H22N4O3S/c1-10-8-12(24(17,21)22)9-13(11(10)2)14-19-15(20-23-14)16(3)4-6-18-7-5-16/h8-9,18H,4-7H2,1-3H3,(H2,17,21,22). The fraction of sp³-hybridized carbons (Fsp3) is 0.500. The number of hydrogen-bond donors (Lipinski definition) is 2. The van der Waals surface area contributed by atoms with E-state index in [1.165, 1.54) is 6.07 Å². The van der Waals surface area contributed by atoms with Gasteiger partial charge in [-0.15, -0.1) is 0 Å². The van der Waals surface area contributed by atoms with Crippen molar-refractivity contribution in [3.63, 3.8) is 0 Å². The van der Waals surface area contributed by atoms with E-state index in [2.05, 4.69) is 22.4 Å². The maximum atomic E-state index is 11.7. The molecule has 0 saturated carbocycles. The zero-order valence-electron chi connectivity index (χ0n) is 14.1. The van der Waals surface area contributed by atoms with Crippen molar-refractivity contribution < 1.29 is 12.9 Å². The molecular weight excluding hydrogens is 328 g/mol. The molecule has 2 aromatic rings. The second-order valence-electron chi connectivity index (χ2n) is 6.69. The smallest absolute Gasteiger partial charge is 0.258 e. The second-order valence-corrected chi connectivity index (χ2v) is 8.25. The molecule has 1 saturated heterocycles. The van der Waals surface area contributed by atoms with Gasteiger partial charge in [-0.05, 0) is 63.0 Å². The number of piperidine rings is 1. The van der Waals surface area contributed by atoms with Crippen molar-refractivity contribution in [2.75, 3.05) is 13.1 Å². The molecule has 8 heteroatoms. The van der Waals surface area contributed by atoms with E-state index in [4.69, 9.17) is 9.66 Å². The van der Waals surface area contributed by atoms with Gasteiger partial charge in [0, 0.05) is 11.0 Å². The third-order valence-electron chi connectivity index (χ3n) is 4.87. The predicted octanol–water partition coefficient (Wildman–Crippen LogP) is 1.64. The molecule has 0 spiro atoms.